The summed E-state index contributed by atoms with van der Waals surface area (Å²) < 4.78 is 5.85. The van der Waals surface area contributed by atoms with Crippen LogP contribution in [0.3, 0.4) is 0 Å². The minimum Gasteiger partial charge on any atom is -0.373 e. The molecule has 3 nitrogen and oxygen atoms in total. The second-order valence-corrected chi connectivity index (χ2v) is 6.81. The third kappa shape index (κ3) is 4.44. The first-order valence-electron chi connectivity index (χ1n) is 8.18. The van der Waals surface area contributed by atoms with Crippen LogP contribution in [0.1, 0.15) is 53.4 Å². The van der Waals surface area contributed by atoms with Crippen LogP contribution in [0.15, 0.2) is 0 Å². The second-order valence-electron chi connectivity index (χ2n) is 6.81. The Morgan fingerprint density at radius 2 is 1.68 bits per heavy atom. The van der Waals surface area contributed by atoms with Crippen molar-refractivity contribution in [2.45, 2.75) is 71.6 Å². The van der Waals surface area contributed by atoms with E-state index in [1.54, 1.807) is 0 Å². The van der Waals surface area contributed by atoms with E-state index in [0.29, 0.717) is 17.6 Å². The minimum absolute atomic E-state index is 0.381. The Labute approximate surface area is 119 Å². The maximum absolute atomic E-state index is 5.85. The van der Waals surface area contributed by atoms with E-state index in [2.05, 4.69) is 37.9 Å². The fourth-order valence-corrected chi connectivity index (χ4v) is 3.32. The molecule has 2 fully saturated rings. The summed E-state index contributed by atoms with van der Waals surface area (Å²) in [4.78, 5) is 2.63. The van der Waals surface area contributed by atoms with Crippen molar-refractivity contribution in [2.75, 3.05) is 26.2 Å². The lowest BCUT2D eigenvalue weighted by Crippen LogP contribution is -2.51. The predicted molar refractivity (Wildman–Crippen MR) is 80.5 cm³/mol. The molecule has 1 saturated carbocycles. The van der Waals surface area contributed by atoms with E-state index in [1.165, 1.54) is 38.8 Å². The molecule has 0 aromatic heterocycles. The van der Waals surface area contributed by atoms with Gasteiger partial charge < -0.3 is 10.1 Å². The molecule has 1 heterocycles. The first-order chi connectivity index (χ1) is 9.07. The topological polar surface area (TPSA) is 24.5 Å². The van der Waals surface area contributed by atoms with Crippen molar-refractivity contribution in [3.05, 3.63) is 0 Å². The highest BCUT2D eigenvalue weighted by molar-refractivity contribution is 4.89. The molecule has 0 aromatic carbocycles. The number of morpholine rings is 1. The van der Waals surface area contributed by atoms with E-state index < -0.39 is 0 Å². The van der Waals surface area contributed by atoms with E-state index in [0.717, 1.165) is 19.1 Å². The zero-order valence-electron chi connectivity index (χ0n) is 13.2. The fourth-order valence-electron chi connectivity index (χ4n) is 3.32. The highest BCUT2D eigenvalue weighted by atomic mass is 16.5. The van der Waals surface area contributed by atoms with Gasteiger partial charge in [-0.1, -0.05) is 13.8 Å². The number of rotatable bonds is 7. The molecule has 112 valence electrons. The maximum atomic E-state index is 5.85. The summed E-state index contributed by atoms with van der Waals surface area (Å²) in [6.45, 7) is 13.7. The van der Waals surface area contributed by atoms with Crippen LogP contribution >= 0.6 is 0 Å². The van der Waals surface area contributed by atoms with Crippen molar-refractivity contribution in [1.82, 2.24) is 10.2 Å². The summed E-state index contributed by atoms with van der Waals surface area (Å²) in [5.41, 5.74) is 0.444. The molecule has 1 aliphatic heterocycles. The van der Waals surface area contributed by atoms with E-state index in [4.69, 9.17) is 4.74 Å². The molecule has 1 aliphatic carbocycles. The molecule has 0 spiro atoms. The maximum Gasteiger partial charge on any atom is 0.0678 e. The summed E-state index contributed by atoms with van der Waals surface area (Å²) in [5, 5.41) is 3.75. The van der Waals surface area contributed by atoms with Crippen molar-refractivity contribution in [3.8, 4) is 0 Å². The molecule has 2 aliphatic rings. The molecule has 0 radical (unpaired) electrons. The Bertz CT molecular complexity index is 264. The van der Waals surface area contributed by atoms with E-state index in [1.807, 2.05) is 0 Å². The van der Waals surface area contributed by atoms with Crippen LogP contribution in [-0.4, -0.2) is 49.3 Å². The second kappa shape index (κ2) is 6.55. The van der Waals surface area contributed by atoms with E-state index >= 15 is 0 Å². The van der Waals surface area contributed by atoms with Crippen LogP contribution < -0.4 is 5.32 Å². The van der Waals surface area contributed by atoms with Gasteiger partial charge in [-0.2, -0.15) is 0 Å². The molecule has 2 atom stereocenters. The van der Waals surface area contributed by atoms with Gasteiger partial charge in [-0.25, -0.2) is 0 Å². The van der Waals surface area contributed by atoms with Gasteiger partial charge in [0, 0.05) is 32.2 Å². The first-order valence-corrected chi connectivity index (χ1v) is 8.18. The van der Waals surface area contributed by atoms with Gasteiger partial charge in [0.1, 0.15) is 0 Å². The van der Waals surface area contributed by atoms with Crippen molar-refractivity contribution < 1.29 is 4.74 Å². The van der Waals surface area contributed by atoms with Gasteiger partial charge in [0.25, 0.3) is 0 Å². The average molecular weight is 268 g/mol. The fraction of sp³-hybridized carbons (Fsp3) is 1.00. The summed E-state index contributed by atoms with van der Waals surface area (Å²) in [5.74, 6) is 0. The van der Waals surface area contributed by atoms with Gasteiger partial charge in [0.15, 0.2) is 0 Å². The van der Waals surface area contributed by atoms with Crippen LogP contribution in [-0.2, 0) is 4.74 Å². The lowest BCUT2D eigenvalue weighted by Gasteiger charge is -2.42. The van der Waals surface area contributed by atoms with Crippen LogP contribution in [0.5, 0.6) is 0 Å². The third-order valence-electron chi connectivity index (χ3n) is 4.90. The SMILES string of the molecule is CCC(CC)(CNC1CC1)CN1CC(C)OC(C)C1. The molecule has 1 N–H and O–H groups in total. The molecular formula is C16H32N2O. The van der Waals surface area contributed by atoms with Gasteiger partial charge >= 0.3 is 0 Å². The Kier molecular flexibility index (Phi) is 5.27. The zero-order valence-corrected chi connectivity index (χ0v) is 13.2. The largest absolute Gasteiger partial charge is 0.373 e. The van der Waals surface area contributed by atoms with Crippen molar-refractivity contribution >= 4 is 0 Å². The van der Waals surface area contributed by atoms with Crippen LogP contribution in [0.2, 0.25) is 0 Å². The summed E-state index contributed by atoms with van der Waals surface area (Å²) >= 11 is 0. The minimum atomic E-state index is 0.381. The standard InChI is InChI=1S/C16H32N2O/c1-5-16(6-2,11-17-15-7-8-15)12-18-9-13(3)19-14(4)10-18/h13-15,17H,5-12H2,1-4H3. The predicted octanol–water partition coefficient (Wildman–Crippen LogP) is 2.65. The van der Waals surface area contributed by atoms with Crippen molar-refractivity contribution in [3.63, 3.8) is 0 Å². The van der Waals surface area contributed by atoms with Gasteiger partial charge in [-0.3, -0.25) is 4.90 Å². The zero-order chi connectivity index (χ0) is 13.9. The molecule has 19 heavy (non-hydrogen) atoms. The van der Waals surface area contributed by atoms with Crippen molar-refractivity contribution in [1.29, 1.82) is 0 Å². The van der Waals surface area contributed by atoms with Crippen molar-refractivity contribution in [2.24, 2.45) is 5.41 Å². The quantitative estimate of drug-likeness (QED) is 0.768. The summed E-state index contributed by atoms with van der Waals surface area (Å²) in [6, 6.07) is 0.819. The Hall–Kier alpha value is -0.120. The molecule has 2 rings (SSSR count). The number of nitrogens with one attached hydrogen (secondary N) is 1. The highest BCUT2D eigenvalue weighted by Gasteiger charge is 2.33. The first kappa shape index (κ1) is 15.3. The Balaban J connectivity index is 1.89. The molecule has 3 heteroatoms. The number of nitrogens with zero attached hydrogens (tertiary/aromatic N) is 1. The van der Waals surface area contributed by atoms with Gasteiger partial charge in [0.05, 0.1) is 12.2 Å². The van der Waals surface area contributed by atoms with E-state index in [9.17, 15) is 0 Å². The van der Waals surface area contributed by atoms with Gasteiger partial charge in [0.2, 0.25) is 0 Å². The Morgan fingerprint density at radius 3 is 2.16 bits per heavy atom. The summed E-state index contributed by atoms with van der Waals surface area (Å²) in [7, 11) is 0. The molecule has 1 saturated heterocycles. The van der Waals surface area contributed by atoms with E-state index in [-0.39, 0.29) is 0 Å². The molecule has 2 unspecified atom stereocenters. The summed E-state index contributed by atoms with van der Waals surface area (Å²) in [6.07, 6.45) is 6.06. The smallest absolute Gasteiger partial charge is 0.0678 e. The molecular weight excluding hydrogens is 236 g/mol. The average Bonchev–Trinajstić information content (AvgIpc) is 3.17. The monoisotopic (exact) mass is 268 g/mol. The van der Waals surface area contributed by atoms with Gasteiger partial charge in [-0.05, 0) is 44.9 Å². The normalized spacial score (nSPS) is 29.7. The number of hydrogen-bond acceptors (Lipinski definition) is 3. The van der Waals surface area contributed by atoms with Crippen LogP contribution in [0.4, 0.5) is 0 Å². The molecule has 0 amide bonds. The number of hydrogen-bond donors (Lipinski definition) is 1. The lowest BCUT2D eigenvalue weighted by molar-refractivity contribution is -0.0784. The Morgan fingerprint density at radius 1 is 1.11 bits per heavy atom. The van der Waals surface area contributed by atoms with Crippen LogP contribution in [0.25, 0.3) is 0 Å². The molecule has 0 bridgehead atoms. The van der Waals surface area contributed by atoms with Gasteiger partial charge in [-0.15, -0.1) is 0 Å². The third-order valence-corrected chi connectivity index (χ3v) is 4.90. The highest BCUT2D eigenvalue weighted by Crippen LogP contribution is 2.30. The van der Waals surface area contributed by atoms with Crippen LogP contribution in [0, 0.1) is 5.41 Å². The molecule has 0 aromatic rings. The number of ether oxygens (including phenoxy) is 1. The lowest BCUT2D eigenvalue weighted by atomic mass is 9.81.